The largest absolute Gasteiger partial charge is 0.464 e. The van der Waals surface area contributed by atoms with E-state index in [1.54, 1.807) is 28.9 Å². The molecule has 9 unspecified atom stereocenters. The normalized spacial score (nSPS) is 27.2. The summed E-state index contributed by atoms with van der Waals surface area (Å²) in [6, 6.07) is 10.2. The van der Waals surface area contributed by atoms with Crippen LogP contribution in [-0.2, 0) is 41.7 Å². The maximum atomic E-state index is 15.2. The molecule has 4 fully saturated rings. The highest BCUT2D eigenvalue weighted by Gasteiger charge is 2.64. The van der Waals surface area contributed by atoms with Gasteiger partial charge in [-0.15, -0.1) is 45.3 Å². The monoisotopic (exact) mass is 1060 g/mol. The molecule has 0 aromatic carbocycles. The molecule has 6 aromatic rings. The lowest BCUT2D eigenvalue weighted by Crippen LogP contribution is -2.67. The minimum Gasteiger partial charge on any atom is -0.464 e. The number of nitrogens with zero attached hydrogens (tertiary/aromatic N) is 10. The number of carbonyl (C=O) groups is 4. The van der Waals surface area contributed by atoms with Gasteiger partial charge >= 0.3 is 11.9 Å². The molecule has 0 spiro atoms. The SMILES string of the molecule is CCCCC(CCCCC(=O)OCC12CN(Cc3ccccn3)CC(C1=O)C(c1cscn1)N(C)C2c1cscn1)C(=O)OCC12CN(Cc3ccccn3)CC(C1=O)C(c1cscn1)N(C)C2c1cscn1. The number of ether oxygens (including phenoxy) is 2. The first kappa shape index (κ1) is 51.4. The molecule has 4 saturated heterocycles. The van der Waals surface area contributed by atoms with Gasteiger partial charge in [-0.1, -0.05) is 38.3 Å². The van der Waals surface area contributed by atoms with E-state index in [1.165, 1.54) is 45.3 Å². The molecule has 0 amide bonds. The van der Waals surface area contributed by atoms with Crippen molar-refractivity contribution in [1.82, 2.24) is 49.5 Å². The van der Waals surface area contributed by atoms with Crippen molar-refractivity contribution in [1.29, 1.82) is 0 Å². The molecule has 4 aliphatic heterocycles. The summed E-state index contributed by atoms with van der Waals surface area (Å²) in [4.78, 5) is 95.8. The summed E-state index contributed by atoms with van der Waals surface area (Å²) in [6.07, 6.45) is 7.66. The Bertz CT molecular complexity index is 2760. The number of ketones is 2. The van der Waals surface area contributed by atoms with Gasteiger partial charge in [-0.3, -0.25) is 48.7 Å². The van der Waals surface area contributed by atoms with E-state index in [-0.39, 0.29) is 55.2 Å². The Balaban J connectivity index is 0.827. The molecule has 4 aliphatic rings. The van der Waals surface area contributed by atoms with Gasteiger partial charge in [0, 0.05) is 79.6 Å². The van der Waals surface area contributed by atoms with Crippen molar-refractivity contribution in [2.24, 2.45) is 28.6 Å². The van der Waals surface area contributed by atoms with Gasteiger partial charge in [-0.2, -0.15) is 0 Å². The number of hydrogen-bond donors (Lipinski definition) is 0. The van der Waals surface area contributed by atoms with Crippen LogP contribution in [0.5, 0.6) is 0 Å². The minimum atomic E-state index is -1.11. The van der Waals surface area contributed by atoms with Crippen molar-refractivity contribution in [3.8, 4) is 0 Å². The summed E-state index contributed by atoms with van der Waals surface area (Å²) in [5.74, 6) is -1.85. The van der Waals surface area contributed by atoms with Gasteiger partial charge in [0.05, 0.1) is 109 Å². The number of fused-ring (bicyclic) bond motifs is 4. The van der Waals surface area contributed by atoms with Crippen LogP contribution in [0.1, 0.15) is 110 Å². The van der Waals surface area contributed by atoms with E-state index >= 15 is 9.59 Å². The lowest BCUT2D eigenvalue weighted by atomic mass is 9.62. The van der Waals surface area contributed by atoms with Crippen LogP contribution >= 0.6 is 45.3 Å². The maximum Gasteiger partial charge on any atom is 0.308 e. The van der Waals surface area contributed by atoms with Gasteiger partial charge in [0.1, 0.15) is 13.2 Å². The zero-order valence-electron chi connectivity index (χ0n) is 41.4. The summed E-state index contributed by atoms with van der Waals surface area (Å²) < 4.78 is 12.7. The van der Waals surface area contributed by atoms with E-state index in [0.29, 0.717) is 65.0 Å². The van der Waals surface area contributed by atoms with Crippen LogP contribution in [-0.4, -0.2) is 126 Å². The number of rotatable bonds is 21. The van der Waals surface area contributed by atoms with Crippen LogP contribution < -0.4 is 0 Å². The first-order valence-electron chi connectivity index (χ1n) is 25.2. The van der Waals surface area contributed by atoms with E-state index in [1.807, 2.05) is 77.5 Å². The predicted molar refractivity (Wildman–Crippen MR) is 279 cm³/mol. The third kappa shape index (κ3) is 10.5. The summed E-state index contributed by atoms with van der Waals surface area (Å²) >= 11 is 5.98. The number of unbranched alkanes of at least 4 members (excludes halogenated alkanes) is 2. The molecule has 0 aliphatic carbocycles. The van der Waals surface area contributed by atoms with Crippen LogP contribution in [0, 0.1) is 28.6 Å². The molecule has 4 bridgehead atoms. The van der Waals surface area contributed by atoms with Gasteiger partial charge in [-0.05, 0) is 57.6 Å². The highest BCUT2D eigenvalue weighted by molar-refractivity contribution is 7.08. The Morgan fingerprint density at radius 1 is 0.630 bits per heavy atom. The number of thiazole rings is 4. The van der Waals surface area contributed by atoms with Crippen molar-refractivity contribution in [3.63, 3.8) is 0 Å². The quantitative estimate of drug-likeness (QED) is 0.0496. The molecule has 10 rings (SSSR count). The average molecular weight is 1060 g/mol. The molecule has 73 heavy (non-hydrogen) atoms. The van der Waals surface area contributed by atoms with Gasteiger partial charge in [0.15, 0.2) is 11.6 Å². The van der Waals surface area contributed by atoms with Crippen LogP contribution in [0.15, 0.2) is 92.4 Å². The zero-order valence-corrected chi connectivity index (χ0v) is 44.7. The number of Topliss-reactive ketones (excluding diaryl/α,β-unsaturated/α-hetero) is 2. The summed E-state index contributed by atoms with van der Waals surface area (Å²) in [7, 11) is 4.08. The Kier molecular flexibility index (Phi) is 16.1. The summed E-state index contributed by atoms with van der Waals surface area (Å²) in [5, 5.41) is 8.02. The molecule has 10 heterocycles. The smallest absolute Gasteiger partial charge is 0.308 e. The molecular weight excluding hydrogens is 1000 g/mol. The minimum absolute atomic E-state index is 0.0620. The fourth-order valence-corrected chi connectivity index (χ4v) is 14.9. The molecule has 9 atom stereocenters. The first-order valence-corrected chi connectivity index (χ1v) is 29.0. The van der Waals surface area contributed by atoms with E-state index in [2.05, 4.69) is 36.5 Å². The van der Waals surface area contributed by atoms with E-state index in [0.717, 1.165) is 47.0 Å². The topological polar surface area (TPSA) is 177 Å². The van der Waals surface area contributed by atoms with Crippen LogP contribution in [0.2, 0.25) is 0 Å². The second-order valence-electron chi connectivity index (χ2n) is 20.3. The molecule has 384 valence electrons. The number of carbonyl (C=O) groups excluding carboxylic acids is 4. The Morgan fingerprint density at radius 3 is 1.53 bits per heavy atom. The van der Waals surface area contributed by atoms with Crippen molar-refractivity contribution in [2.75, 3.05) is 53.5 Å². The first-order chi connectivity index (χ1) is 35.6. The fourth-order valence-electron chi connectivity index (χ4n) is 12.6. The van der Waals surface area contributed by atoms with Crippen LogP contribution in [0.3, 0.4) is 0 Å². The lowest BCUT2D eigenvalue weighted by molar-refractivity contribution is -0.179. The summed E-state index contributed by atoms with van der Waals surface area (Å²) in [6.45, 7) is 4.77. The van der Waals surface area contributed by atoms with Gasteiger partial charge in [0.25, 0.3) is 0 Å². The van der Waals surface area contributed by atoms with Crippen molar-refractivity contribution in [3.05, 3.63) is 127 Å². The number of pyridine rings is 2. The van der Waals surface area contributed by atoms with Crippen LogP contribution in [0.4, 0.5) is 0 Å². The lowest BCUT2D eigenvalue weighted by Gasteiger charge is -2.57. The van der Waals surface area contributed by atoms with Crippen molar-refractivity contribution in [2.45, 2.75) is 89.1 Å². The van der Waals surface area contributed by atoms with Gasteiger partial charge < -0.3 is 9.47 Å². The van der Waals surface area contributed by atoms with Crippen LogP contribution in [0.25, 0.3) is 0 Å². The van der Waals surface area contributed by atoms with E-state index in [4.69, 9.17) is 29.4 Å². The standard InChI is InChI=1S/C53H62N10O6S4/c1-4-5-12-35(51(67)69-30-53-28-63(20-37-15-9-11-18-55-37)22-39(50(53)66)46(41-24-71-32-57-41)61(3)48(53)43-26-73-34-59-43)13-6-7-16-44(64)68-29-52-27-62(19-36-14-8-10-17-54-36)21-38(49(52)65)45(40-23-70-31-56-40)60(2)47(52)42-25-72-33-58-42/h8-11,14-15,17-18,23-26,31-35,38-39,45-48H,4-7,12-13,16,19-22,27-30H2,1-3H3. The number of esters is 2. The fraction of sp³-hybridized carbons (Fsp3) is 0.509. The second-order valence-corrected chi connectivity index (χ2v) is 23.1. The molecule has 0 radical (unpaired) electrons. The second kappa shape index (κ2) is 22.8. The molecule has 6 aromatic heterocycles. The highest BCUT2D eigenvalue weighted by atomic mass is 32.1. The molecular formula is C53H62N10O6S4. The zero-order chi connectivity index (χ0) is 50.5. The molecule has 20 heteroatoms. The summed E-state index contributed by atoms with van der Waals surface area (Å²) in [5.41, 5.74) is 10.0. The number of piperidine rings is 4. The van der Waals surface area contributed by atoms with Gasteiger partial charge in [-0.25, -0.2) is 19.9 Å². The Morgan fingerprint density at radius 2 is 1.10 bits per heavy atom. The predicted octanol–water partition coefficient (Wildman–Crippen LogP) is 8.29. The van der Waals surface area contributed by atoms with Gasteiger partial charge in [0.2, 0.25) is 0 Å². The van der Waals surface area contributed by atoms with E-state index in [9.17, 15) is 9.59 Å². The van der Waals surface area contributed by atoms with E-state index < -0.39 is 40.7 Å². The molecule has 16 nitrogen and oxygen atoms in total. The number of likely N-dealkylation sites (tertiary alicyclic amines) is 4. The molecule has 0 N–H and O–H groups in total. The van der Waals surface area contributed by atoms with Crippen molar-refractivity contribution < 1.29 is 28.7 Å². The van der Waals surface area contributed by atoms with Crippen molar-refractivity contribution >= 4 is 68.9 Å². The number of aromatic nitrogens is 6. The molecule has 0 saturated carbocycles. The Labute approximate surface area is 442 Å². The number of hydrogen-bond acceptors (Lipinski definition) is 20. The average Bonchev–Trinajstić information content (AvgIpc) is 4.27. The third-order valence-corrected chi connectivity index (χ3v) is 18.1. The third-order valence-electron chi connectivity index (χ3n) is 15.7. The highest BCUT2D eigenvalue weighted by Crippen LogP contribution is 2.56. The maximum absolute atomic E-state index is 15.2. The Hall–Kier alpha value is -5.06.